The molecule has 1 N–H and O–H groups in total. The molecule has 4 rings (SSSR count). The van der Waals surface area contributed by atoms with E-state index in [2.05, 4.69) is 5.32 Å². The van der Waals surface area contributed by atoms with Crippen LogP contribution in [0.3, 0.4) is 0 Å². The van der Waals surface area contributed by atoms with Crippen LogP contribution >= 0.6 is 23.2 Å². The third-order valence-electron chi connectivity index (χ3n) is 6.88. The first kappa shape index (κ1) is 32.4. The number of fused-ring (bicyclic) bond motifs is 1. The van der Waals surface area contributed by atoms with Gasteiger partial charge in [0.25, 0.3) is 10.0 Å². The molecule has 1 heterocycles. The second kappa shape index (κ2) is 14.3. The van der Waals surface area contributed by atoms with Crippen molar-refractivity contribution in [2.24, 2.45) is 0 Å². The minimum absolute atomic E-state index is 0.0421. The molecule has 0 bridgehead atoms. The third-order valence-corrected chi connectivity index (χ3v) is 9.36. The van der Waals surface area contributed by atoms with Gasteiger partial charge in [0.15, 0.2) is 11.5 Å². The fourth-order valence-corrected chi connectivity index (χ4v) is 6.37. The second-order valence-corrected chi connectivity index (χ2v) is 12.5. The lowest BCUT2D eigenvalue weighted by Gasteiger charge is -2.32. The molecule has 1 aliphatic heterocycles. The van der Waals surface area contributed by atoms with Crippen LogP contribution in [-0.4, -0.2) is 57.5 Å². The van der Waals surface area contributed by atoms with Crippen LogP contribution in [0.15, 0.2) is 65.6 Å². The number of hydrogen-bond donors (Lipinski definition) is 1. The van der Waals surface area contributed by atoms with Gasteiger partial charge in [-0.15, -0.1) is 0 Å². The largest absolute Gasteiger partial charge is 0.486 e. The number of unbranched alkanes of at least 4 members (excludes halogenated alkanes) is 1. The van der Waals surface area contributed by atoms with Crippen molar-refractivity contribution in [1.82, 2.24) is 10.2 Å². The molecule has 1 atom stereocenters. The van der Waals surface area contributed by atoms with Crippen LogP contribution in [0, 0.1) is 5.82 Å². The van der Waals surface area contributed by atoms with Gasteiger partial charge in [0.1, 0.15) is 31.6 Å². The Labute approximate surface area is 260 Å². The normalized spacial score (nSPS) is 13.2. The van der Waals surface area contributed by atoms with Crippen LogP contribution in [0.2, 0.25) is 10.0 Å². The molecule has 0 saturated carbocycles. The number of hydrogen-bond acceptors (Lipinski definition) is 6. The summed E-state index contributed by atoms with van der Waals surface area (Å²) in [6, 6.07) is 12.7. The zero-order valence-corrected chi connectivity index (χ0v) is 26.0. The first-order chi connectivity index (χ1) is 20.5. The lowest BCUT2D eigenvalue weighted by molar-refractivity contribution is -0.139. The highest BCUT2D eigenvalue weighted by atomic mass is 35.5. The van der Waals surface area contributed by atoms with E-state index in [0.29, 0.717) is 24.5 Å². The van der Waals surface area contributed by atoms with Crippen LogP contribution in [0.1, 0.15) is 32.3 Å². The molecule has 43 heavy (non-hydrogen) atoms. The number of nitrogens with zero attached hydrogens (tertiary/aromatic N) is 2. The number of nitrogens with one attached hydrogen (secondary N) is 1. The number of anilines is 1. The fraction of sp³-hybridized carbons (Fsp3) is 0.333. The Morgan fingerprint density at radius 2 is 1.65 bits per heavy atom. The summed E-state index contributed by atoms with van der Waals surface area (Å²) in [5.74, 6) is -1.09. The first-order valence-corrected chi connectivity index (χ1v) is 15.9. The predicted molar refractivity (Wildman–Crippen MR) is 163 cm³/mol. The molecule has 0 spiro atoms. The number of sulfonamides is 1. The number of carbonyl (C=O) groups is 2. The minimum Gasteiger partial charge on any atom is -0.486 e. The van der Waals surface area contributed by atoms with Crippen molar-refractivity contribution in [3.63, 3.8) is 0 Å². The number of halogens is 3. The molecule has 3 aromatic carbocycles. The lowest BCUT2D eigenvalue weighted by atomic mass is 10.1. The Morgan fingerprint density at radius 3 is 2.30 bits per heavy atom. The summed E-state index contributed by atoms with van der Waals surface area (Å²) < 4.78 is 53.9. The molecule has 0 fully saturated rings. The maximum Gasteiger partial charge on any atom is 0.264 e. The molecule has 0 aromatic heterocycles. The van der Waals surface area contributed by atoms with Gasteiger partial charge < -0.3 is 19.7 Å². The maximum atomic E-state index is 14.0. The van der Waals surface area contributed by atoms with Crippen molar-refractivity contribution in [3.05, 3.63) is 82.1 Å². The molecule has 1 aliphatic rings. The lowest BCUT2D eigenvalue weighted by Crippen LogP contribution is -2.51. The molecule has 9 nitrogen and oxygen atoms in total. The number of amides is 2. The molecule has 230 valence electrons. The molecule has 13 heteroatoms. The molecular formula is C30H32Cl2FN3O6S. The fourth-order valence-electron chi connectivity index (χ4n) is 4.42. The van der Waals surface area contributed by atoms with Crippen molar-refractivity contribution in [1.29, 1.82) is 0 Å². The van der Waals surface area contributed by atoms with E-state index in [1.807, 2.05) is 6.92 Å². The molecular weight excluding hydrogens is 620 g/mol. The second-order valence-electron chi connectivity index (χ2n) is 9.84. The Kier molecular flexibility index (Phi) is 10.8. The van der Waals surface area contributed by atoms with Gasteiger partial charge in [-0.25, -0.2) is 12.8 Å². The first-order valence-electron chi connectivity index (χ1n) is 13.7. The van der Waals surface area contributed by atoms with Crippen LogP contribution < -0.4 is 19.1 Å². The molecule has 1 unspecified atom stereocenters. The van der Waals surface area contributed by atoms with E-state index in [1.165, 1.54) is 35.2 Å². The van der Waals surface area contributed by atoms with Gasteiger partial charge in [0, 0.05) is 34.8 Å². The number of ether oxygens (including phenoxy) is 2. The van der Waals surface area contributed by atoms with Crippen molar-refractivity contribution < 1.29 is 31.9 Å². The van der Waals surface area contributed by atoms with Crippen molar-refractivity contribution >= 4 is 50.7 Å². The Hall–Kier alpha value is -3.54. The van der Waals surface area contributed by atoms with Gasteiger partial charge in [0.2, 0.25) is 11.8 Å². The zero-order valence-electron chi connectivity index (χ0n) is 23.7. The Balaban J connectivity index is 1.72. The molecule has 3 aromatic rings. The van der Waals surface area contributed by atoms with E-state index in [1.54, 1.807) is 25.1 Å². The van der Waals surface area contributed by atoms with Crippen LogP contribution in [0.4, 0.5) is 10.1 Å². The number of rotatable bonds is 12. The Morgan fingerprint density at radius 1 is 1.00 bits per heavy atom. The zero-order chi connectivity index (χ0) is 31.1. The van der Waals surface area contributed by atoms with Crippen LogP contribution in [0.5, 0.6) is 11.5 Å². The smallest absolute Gasteiger partial charge is 0.264 e. The summed E-state index contributed by atoms with van der Waals surface area (Å²) in [5.41, 5.74) is 0.441. The molecule has 0 radical (unpaired) electrons. The standard InChI is InChI=1S/C30H32Cl2FN3O6S/c1-3-4-14-34-30(38)20(2)35(18-24-25(31)6-5-7-26(24)32)29(37)19-36(22-10-8-21(33)9-11-22)43(39,40)23-12-13-27-28(17-23)42-16-15-41-27/h5-13,17,20H,3-4,14-16,18-19H2,1-2H3,(H,34,38). The quantitative estimate of drug-likeness (QED) is 0.262. The molecule has 2 amide bonds. The highest BCUT2D eigenvalue weighted by Crippen LogP contribution is 2.34. The van der Waals surface area contributed by atoms with E-state index in [9.17, 15) is 22.4 Å². The van der Waals surface area contributed by atoms with Gasteiger partial charge in [0.05, 0.1) is 10.6 Å². The number of benzene rings is 3. The summed E-state index contributed by atoms with van der Waals surface area (Å²) in [6.07, 6.45) is 1.60. The van der Waals surface area contributed by atoms with E-state index in [4.69, 9.17) is 32.7 Å². The van der Waals surface area contributed by atoms with Gasteiger partial charge >= 0.3 is 0 Å². The van der Waals surface area contributed by atoms with E-state index >= 15 is 0 Å². The van der Waals surface area contributed by atoms with E-state index in [0.717, 1.165) is 29.3 Å². The third kappa shape index (κ3) is 7.70. The summed E-state index contributed by atoms with van der Waals surface area (Å²) in [7, 11) is -4.41. The van der Waals surface area contributed by atoms with Gasteiger partial charge in [-0.1, -0.05) is 42.6 Å². The maximum absolute atomic E-state index is 14.0. The molecule has 0 saturated heterocycles. The van der Waals surface area contributed by atoms with E-state index < -0.39 is 40.2 Å². The summed E-state index contributed by atoms with van der Waals surface area (Å²) in [6.45, 7) is 3.63. The topological polar surface area (TPSA) is 105 Å². The Bertz CT molecular complexity index is 1550. The van der Waals surface area contributed by atoms with Gasteiger partial charge in [-0.2, -0.15) is 0 Å². The van der Waals surface area contributed by atoms with Crippen LogP contribution in [-0.2, 0) is 26.2 Å². The van der Waals surface area contributed by atoms with Crippen LogP contribution in [0.25, 0.3) is 0 Å². The highest BCUT2D eigenvalue weighted by Gasteiger charge is 2.34. The summed E-state index contributed by atoms with van der Waals surface area (Å²) in [5, 5.41) is 3.37. The van der Waals surface area contributed by atoms with Crippen molar-refractivity contribution in [3.8, 4) is 11.5 Å². The predicted octanol–water partition coefficient (Wildman–Crippen LogP) is 5.43. The van der Waals surface area contributed by atoms with Crippen molar-refractivity contribution in [2.75, 3.05) is 30.6 Å². The monoisotopic (exact) mass is 651 g/mol. The average molecular weight is 653 g/mol. The van der Waals surface area contributed by atoms with Gasteiger partial charge in [-0.05, 0) is 61.9 Å². The summed E-state index contributed by atoms with van der Waals surface area (Å²) >= 11 is 12.8. The summed E-state index contributed by atoms with van der Waals surface area (Å²) in [4.78, 5) is 28.2. The van der Waals surface area contributed by atoms with Gasteiger partial charge in [-0.3, -0.25) is 13.9 Å². The SMILES string of the molecule is CCCCNC(=O)C(C)N(Cc1c(Cl)cccc1Cl)C(=O)CN(c1ccc(F)cc1)S(=O)(=O)c1ccc2c(c1)OCCO2. The minimum atomic E-state index is -4.41. The number of carbonyl (C=O) groups excluding carboxylic acids is 2. The molecule has 0 aliphatic carbocycles. The van der Waals surface area contributed by atoms with E-state index in [-0.39, 0.29) is 39.5 Å². The average Bonchev–Trinajstić information content (AvgIpc) is 2.99. The van der Waals surface area contributed by atoms with Crippen molar-refractivity contribution in [2.45, 2.75) is 44.2 Å². The highest BCUT2D eigenvalue weighted by molar-refractivity contribution is 7.92.